The number of hydrogen-bond acceptors (Lipinski definition) is 3. The minimum atomic E-state index is -0.291. The summed E-state index contributed by atoms with van der Waals surface area (Å²) in [7, 11) is 0. The van der Waals surface area contributed by atoms with Gasteiger partial charge in [0.1, 0.15) is 0 Å². The third kappa shape index (κ3) is 4.62. The Balaban J connectivity index is 1.55. The average molecular weight is 340 g/mol. The lowest BCUT2D eigenvalue weighted by molar-refractivity contribution is -0.140. The van der Waals surface area contributed by atoms with E-state index in [2.05, 4.69) is 34.7 Å². The Labute approximate surface area is 150 Å². The van der Waals surface area contributed by atoms with E-state index in [1.54, 1.807) is 6.20 Å². The summed E-state index contributed by atoms with van der Waals surface area (Å²) in [5.74, 6) is 0.257. The number of likely N-dealkylation sites (tertiary alicyclic amines) is 1. The van der Waals surface area contributed by atoms with Gasteiger partial charge in [-0.1, -0.05) is 32.9 Å². The topological polar surface area (TPSA) is 50.2 Å². The predicted octanol–water partition coefficient (Wildman–Crippen LogP) is 3.38. The van der Waals surface area contributed by atoms with Gasteiger partial charge in [0, 0.05) is 42.6 Å². The van der Waals surface area contributed by atoms with Gasteiger partial charge in [-0.3, -0.25) is 9.48 Å². The summed E-state index contributed by atoms with van der Waals surface area (Å²) in [6.45, 7) is 8.42. The molecule has 1 saturated heterocycles. The molecule has 0 spiro atoms. The number of hydrogen-bond donors (Lipinski definition) is 1. The SMILES string of the molecule is CC(C)(C)C(=O)N1CCC(Nc2cccc(Cn3cccn3)c2)CC1. The van der Waals surface area contributed by atoms with Gasteiger partial charge in [-0.15, -0.1) is 0 Å². The molecule has 0 saturated carbocycles. The van der Waals surface area contributed by atoms with Gasteiger partial charge in [-0.2, -0.15) is 5.10 Å². The maximum atomic E-state index is 12.4. The Bertz CT molecular complexity index is 695. The Hall–Kier alpha value is -2.30. The van der Waals surface area contributed by atoms with Crippen LogP contribution in [0.5, 0.6) is 0 Å². The van der Waals surface area contributed by atoms with Crippen molar-refractivity contribution < 1.29 is 4.79 Å². The van der Waals surface area contributed by atoms with Crippen molar-refractivity contribution in [2.75, 3.05) is 18.4 Å². The first-order valence-electron chi connectivity index (χ1n) is 9.04. The lowest BCUT2D eigenvalue weighted by Crippen LogP contribution is -2.46. The molecule has 2 heterocycles. The Morgan fingerprint density at radius 3 is 2.64 bits per heavy atom. The second-order valence-electron chi connectivity index (χ2n) is 7.86. The molecule has 1 N–H and O–H groups in total. The molecule has 0 radical (unpaired) electrons. The summed E-state index contributed by atoms with van der Waals surface area (Å²) in [5.41, 5.74) is 2.08. The van der Waals surface area contributed by atoms with Crippen molar-refractivity contribution in [3.63, 3.8) is 0 Å². The summed E-state index contributed by atoms with van der Waals surface area (Å²) in [6, 6.07) is 10.9. The zero-order valence-corrected chi connectivity index (χ0v) is 15.4. The Kier molecular flexibility index (Phi) is 5.11. The molecule has 134 valence electrons. The highest BCUT2D eigenvalue weighted by atomic mass is 16.2. The van der Waals surface area contributed by atoms with E-state index in [4.69, 9.17) is 0 Å². The van der Waals surface area contributed by atoms with E-state index in [1.807, 2.05) is 42.6 Å². The molecular formula is C20H28N4O. The number of nitrogens with zero attached hydrogens (tertiary/aromatic N) is 3. The summed E-state index contributed by atoms with van der Waals surface area (Å²) in [5, 5.41) is 7.89. The number of nitrogens with one attached hydrogen (secondary N) is 1. The van der Waals surface area contributed by atoms with Crippen LogP contribution in [-0.2, 0) is 11.3 Å². The van der Waals surface area contributed by atoms with Crippen molar-refractivity contribution in [1.82, 2.24) is 14.7 Å². The van der Waals surface area contributed by atoms with Crippen LogP contribution in [0.3, 0.4) is 0 Å². The first-order valence-corrected chi connectivity index (χ1v) is 9.04. The molecule has 2 aromatic rings. The van der Waals surface area contributed by atoms with Crippen LogP contribution in [0.15, 0.2) is 42.7 Å². The first kappa shape index (κ1) is 17.5. The number of carbonyl (C=O) groups excluding carboxylic acids is 1. The van der Waals surface area contributed by atoms with E-state index in [-0.39, 0.29) is 11.3 Å². The fourth-order valence-electron chi connectivity index (χ4n) is 3.28. The van der Waals surface area contributed by atoms with Crippen LogP contribution in [-0.4, -0.2) is 39.7 Å². The van der Waals surface area contributed by atoms with Crippen LogP contribution in [0.2, 0.25) is 0 Å². The van der Waals surface area contributed by atoms with Crippen molar-refractivity contribution in [1.29, 1.82) is 0 Å². The van der Waals surface area contributed by atoms with Crippen molar-refractivity contribution in [3.8, 4) is 0 Å². The van der Waals surface area contributed by atoms with E-state index < -0.39 is 0 Å². The zero-order valence-electron chi connectivity index (χ0n) is 15.4. The van der Waals surface area contributed by atoms with E-state index in [1.165, 1.54) is 5.56 Å². The Morgan fingerprint density at radius 2 is 2.00 bits per heavy atom. The summed E-state index contributed by atoms with van der Waals surface area (Å²) >= 11 is 0. The second-order valence-corrected chi connectivity index (χ2v) is 7.86. The lowest BCUT2D eigenvalue weighted by atomic mass is 9.93. The molecule has 1 aliphatic rings. The fraction of sp³-hybridized carbons (Fsp3) is 0.500. The number of amides is 1. The molecule has 1 aromatic heterocycles. The molecule has 3 rings (SSSR count). The minimum Gasteiger partial charge on any atom is -0.382 e. The van der Waals surface area contributed by atoms with Crippen LogP contribution in [0.25, 0.3) is 0 Å². The van der Waals surface area contributed by atoms with Crippen molar-refractivity contribution in [2.45, 2.75) is 46.2 Å². The quantitative estimate of drug-likeness (QED) is 0.928. The molecule has 0 atom stereocenters. The van der Waals surface area contributed by atoms with Crippen LogP contribution in [0, 0.1) is 5.41 Å². The smallest absolute Gasteiger partial charge is 0.227 e. The fourth-order valence-corrected chi connectivity index (χ4v) is 3.28. The van der Waals surface area contributed by atoms with E-state index in [9.17, 15) is 4.79 Å². The van der Waals surface area contributed by atoms with Crippen LogP contribution in [0.4, 0.5) is 5.69 Å². The standard InChI is InChI=1S/C20H28N4O/c1-20(2,3)19(25)23-12-8-17(9-13-23)22-18-7-4-6-16(14-18)15-24-11-5-10-21-24/h4-7,10-11,14,17,22H,8-9,12-13,15H2,1-3H3. The highest BCUT2D eigenvalue weighted by molar-refractivity contribution is 5.81. The second kappa shape index (κ2) is 7.30. The van der Waals surface area contributed by atoms with Crippen LogP contribution >= 0.6 is 0 Å². The van der Waals surface area contributed by atoms with Gasteiger partial charge < -0.3 is 10.2 Å². The number of rotatable bonds is 4. The molecule has 0 unspecified atom stereocenters. The van der Waals surface area contributed by atoms with Crippen molar-refractivity contribution in [3.05, 3.63) is 48.3 Å². The lowest BCUT2D eigenvalue weighted by Gasteiger charge is -2.36. The zero-order chi connectivity index (χ0) is 17.9. The predicted molar refractivity (Wildman–Crippen MR) is 100 cm³/mol. The summed E-state index contributed by atoms with van der Waals surface area (Å²) in [4.78, 5) is 14.4. The van der Waals surface area contributed by atoms with Gasteiger partial charge in [0.2, 0.25) is 5.91 Å². The third-order valence-electron chi connectivity index (χ3n) is 4.63. The molecule has 0 bridgehead atoms. The van der Waals surface area contributed by atoms with E-state index in [0.29, 0.717) is 6.04 Å². The Morgan fingerprint density at radius 1 is 1.24 bits per heavy atom. The van der Waals surface area contributed by atoms with Gasteiger partial charge in [0.15, 0.2) is 0 Å². The van der Waals surface area contributed by atoms with Gasteiger partial charge in [-0.25, -0.2) is 0 Å². The van der Waals surface area contributed by atoms with Gasteiger partial charge in [0.25, 0.3) is 0 Å². The van der Waals surface area contributed by atoms with Gasteiger partial charge >= 0.3 is 0 Å². The molecule has 1 fully saturated rings. The number of benzene rings is 1. The minimum absolute atomic E-state index is 0.257. The third-order valence-corrected chi connectivity index (χ3v) is 4.63. The molecule has 1 aliphatic heterocycles. The molecular weight excluding hydrogens is 312 g/mol. The molecule has 5 nitrogen and oxygen atoms in total. The van der Waals surface area contributed by atoms with E-state index in [0.717, 1.165) is 38.2 Å². The molecule has 25 heavy (non-hydrogen) atoms. The number of anilines is 1. The molecule has 1 amide bonds. The summed E-state index contributed by atoms with van der Waals surface area (Å²) < 4.78 is 1.93. The normalized spacial score (nSPS) is 16.0. The van der Waals surface area contributed by atoms with Crippen LogP contribution < -0.4 is 5.32 Å². The maximum Gasteiger partial charge on any atom is 0.227 e. The first-order chi connectivity index (χ1) is 11.9. The number of piperidine rings is 1. The molecule has 5 heteroatoms. The largest absolute Gasteiger partial charge is 0.382 e. The highest BCUT2D eigenvalue weighted by Crippen LogP contribution is 2.23. The maximum absolute atomic E-state index is 12.4. The van der Waals surface area contributed by atoms with Gasteiger partial charge in [-0.05, 0) is 36.6 Å². The molecule has 0 aliphatic carbocycles. The highest BCUT2D eigenvalue weighted by Gasteiger charge is 2.30. The average Bonchev–Trinajstić information content (AvgIpc) is 3.07. The van der Waals surface area contributed by atoms with E-state index >= 15 is 0 Å². The van der Waals surface area contributed by atoms with Gasteiger partial charge in [0.05, 0.1) is 6.54 Å². The number of carbonyl (C=O) groups is 1. The van der Waals surface area contributed by atoms with Crippen molar-refractivity contribution in [2.24, 2.45) is 5.41 Å². The number of aromatic nitrogens is 2. The van der Waals surface area contributed by atoms with Crippen molar-refractivity contribution >= 4 is 11.6 Å². The summed E-state index contributed by atoms with van der Waals surface area (Å²) in [6.07, 6.45) is 5.76. The molecule has 1 aromatic carbocycles. The monoisotopic (exact) mass is 340 g/mol. The van der Waals surface area contributed by atoms with Crippen LogP contribution in [0.1, 0.15) is 39.2 Å².